The minimum atomic E-state index is -0.408. The van der Waals surface area contributed by atoms with Gasteiger partial charge in [0.05, 0.1) is 13.3 Å². The highest BCUT2D eigenvalue weighted by Crippen LogP contribution is 2.22. The van der Waals surface area contributed by atoms with Gasteiger partial charge in [-0.15, -0.1) is 0 Å². The summed E-state index contributed by atoms with van der Waals surface area (Å²) in [6, 6.07) is 7.02. The SMILES string of the molecule is COc1cccc(-c2ncc3c(n2)n(C(=O)N2CCCC2)c(=O)n3C)c1. The molecule has 4 rings (SSSR count). The van der Waals surface area contributed by atoms with E-state index in [0.717, 1.165) is 23.0 Å². The fraction of sp³-hybridized carbons (Fsp3) is 0.333. The van der Waals surface area contributed by atoms with Crippen LogP contribution in [0, 0.1) is 0 Å². The van der Waals surface area contributed by atoms with Crippen molar-refractivity contribution in [2.45, 2.75) is 12.8 Å². The lowest BCUT2D eigenvalue weighted by Gasteiger charge is -2.14. The largest absolute Gasteiger partial charge is 0.497 e. The molecule has 1 aromatic carbocycles. The Kier molecular flexibility index (Phi) is 3.95. The zero-order valence-electron chi connectivity index (χ0n) is 14.7. The topological polar surface area (TPSA) is 82.2 Å². The molecule has 0 spiro atoms. The van der Waals surface area contributed by atoms with Gasteiger partial charge >= 0.3 is 11.7 Å². The molecule has 0 N–H and O–H groups in total. The summed E-state index contributed by atoms with van der Waals surface area (Å²) in [4.78, 5) is 36.0. The molecule has 1 aliphatic heterocycles. The molecular formula is C18H19N5O3. The van der Waals surface area contributed by atoms with Crippen molar-refractivity contribution in [1.82, 2.24) is 24.0 Å². The Morgan fingerprint density at radius 1 is 1.23 bits per heavy atom. The number of hydrogen-bond donors (Lipinski definition) is 0. The molecule has 0 unspecified atom stereocenters. The highest BCUT2D eigenvalue weighted by Gasteiger charge is 2.25. The van der Waals surface area contributed by atoms with Gasteiger partial charge < -0.3 is 9.64 Å². The van der Waals surface area contributed by atoms with Gasteiger partial charge in [0, 0.05) is 25.7 Å². The number of amides is 1. The number of aryl methyl sites for hydroxylation is 1. The molecule has 3 aromatic rings. The van der Waals surface area contributed by atoms with E-state index < -0.39 is 5.69 Å². The van der Waals surface area contributed by atoms with Crippen LogP contribution in [-0.4, -0.2) is 50.2 Å². The van der Waals surface area contributed by atoms with E-state index in [1.54, 1.807) is 25.3 Å². The number of methoxy groups -OCH3 is 1. The molecule has 134 valence electrons. The predicted molar refractivity (Wildman–Crippen MR) is 96.4 cm³/mol. The maximum atomic E-state index is 12.8. The van der Waals surface area contributed by atoms with Crippen LogP contribution in [0.15, 0.2) is 35.3 Å². The fourth-order valence-corrected chi connectivity index (χ4v) is 3.23. The van der Waals surface area contributed by atoms with Crippen LogP contribution in [0.25, 0.3) is 22.6 Å². The first-order chi connectivity index (χ1) is 12.6. The summed E-state index contributed by atoms with van der Waals surface area (Å²) in [6.07, 6.45) is 3.48. The minimum absolute atomic E-state index is 0.321. The van der Waals surface area contributed by atoms with E-state index in [1.165, 1.54) is 4.57 Å². The lowest BCUT2D eigenvalue weighted by atomic mass is 10.2. The Labute approximate surface area is 149 Å². The average Bonchev–Trinajstić information content (AvgIpc) is 3.29. The third-order valence-corrected chi connectivity index (χ3v) is 4.70. The summed E-state index contributed by atoms with van der Waals surface area (Å²) in [5.41, 5.74) is 1.19. The molecule has 3 heterocycles. The molecule has 0 saturated carbocycles. The number of imidazole rings is 1. The molecule has 1 amide bonds. The van der Waals surface area contributed by atoms with Gasteiger partial charge in [0.1, 0.15) is 11.3 Å². The van der Waals surface area contributed by atoms with Gasteiger partial charge in [-0.2, -0.15) is 4.57 Å². The van der Waals surface area contributed by atoms with Gasteiger partial charge in [-0.25, -0.2) is 19.6 Å². The first-order valence-corrected chi connectivity index (χ1v) is 8.48. The van der Waals surface area contributed by atoms with E-state index in [1.807, 2.05) is 24.3 Å². The van der Waals surface area contributed by atoms with Crippen LogP contribution in [0.3, 0.4) is 0 Å². The minimum Gasteiger partial charge on any atom is -0.497 e. The second-order valence-corrected chi connectivity index (χ2v) is 6.29. The van der Waals surface area contributed by atoms with E-state index >= 15 is 0 Å². The Morgan fingerprint density at radius 2 is 2.00 bits per heavy atom. The van der Waals surface area contributed by atoms with Crippen LogP contribution in [0.4, 0.5) is 4.79 Å². The van der Waals surface area contributed by atoms with Gasteiger partial charge in [-0.05, 0) is 25.0 Å². The number of benzene rings is 1. The van der Waals surface area contributed by atoms with Crippen molar-refractivity contribution >= 4 is 17.2 Å². The molecule has 0 radical (unpaired) electrons. The normalized spacial score (nSPS) is 14.2. The van der Waals surface area contributed by atoms with Crippen molar-refractivity contribution in [1.29, 1.82) is 0 Å². The van der Waals surface area contributed by atoms with E-state index in [9.17, 15) is 9.59 Å². The number of hydrogen-bond acceptors (Lipinski definition) is 5. The van der Waals surface area contributed by atoms with E-state index in [-0.39, 0.29) is 6.03 Å². The van der Waals surface area contributed by atoms with Gasteiger partial charge in [0.2, 0.25) is 0 Å². The number of carbonyl (C=O) groups excluding carboxylic acids is 1. The van der Waals surface area contributed by atoms with Crippen LogP contribution < -0.4 is 10.4 Å². The molecule has 2 aromatic heterocycles. The van der Waals surface area contributed by atoms with Crippen LogP contribution in [-0.2, 0) is 7.05 Å². The molecule has 0 aliphatic carbocycles. The summed E-state index contributed by atoms with van der Waals surface area (Å²) in [5, 5.41) is 0. The van der Waals surface area contributed by atoms with Crippen LogP contribution in [0.5, 0.6) is 5.75 Å². The van der Waals surface area contributed by atoms with Crippen LogP contribution in [0.2, 0.25) is 0 Å². The van der Waals surface area contributed by atoms with Crippen molar-refractivity contribution in [2.24, 2.45) is 7.05 Å². The summed E-state index contributed by atoms with van der Waals surface area (Å²) < 4.78 is 7.79. The zero-order chi connectivity index (χ0) is 18.3. The molecule has 1 aliphatic rings. The van der Waals surface area contributed by atoms with Crippen LogP contribution >= 0.6 is 0 Å². The predicted octanol–water partition coefficient (Wildman–Crippen LogP) is 1.87. The monoisotopic (exact) mass is 353 g/mol. The number of carbonyl (C=O) groups is 1. The molecule has 8 heteroatoms. The van der Waals surface area contributed by atoms with Gasteiger partial charge in [0.25, 0.3) is 0 Å². The van der Waals surface area contributed by atoms with E-state index in [4.69, 9.17) is 4.74 Å². The van der Waals surface area contributed by atoms with E-state index in [0.29, 0.717) is 35.8 Å². The molecule has 26 heavy (non-hydrogen) atoms. The Morgan fingerprint density at radius 3 is 2.73 bits per heavy atom. The van der Waals surface area contributed by atoms with Gasteiger partial charge in [0.15, 0.2) is 11.5 Å². The summed E-state index contributed by atoms with van der Waals surface area (Å²) in [5.74, 6) is 1.12. The first kappa shape index (κ1) is 16.3. The summed E-state index contributed by atoms with van der Waals surface area (Å²) >= 11 is 0. The summed E-state index contributed by atoms with van der Waals surface area (Å²) in [7, 11) is 3.21. The highest BCUT2D eigenvalue weighted by molar-refractivity contribution is 5.88. The zero-order valence-corrected chi connectivity index (χ0v) is 14.7. The lowest BCUT2D eigenvalue weighted by molar-refractivity contribution is 0.210. The number of nitrogens with zero attached hydrogens (tertiary/aromatic N) is 5. The Bertz CT molecular complexity index is 1050. The molecule has 0 bridgehead atoms. The van der Waals surface area contributed by atoms with Gasteiger partial charge in [-0.1, -0.05) is 12.1 Å². The number of fused-ring (bicyclic) bond motifs is 1. The maximum absolute atomic E-state index is 12.8. The van der Waals surface area contributed by atoms with Crippen molar-refractivity contribution in [3.63, 3.8) is 0 Å². The third kappa shape index (κ3) is 2.54. The highest BCUT2D eigenvalue weighted by atomic mass is 16.5. The second kappa shape index (κ2) is 6.29. The Hall–Kier alpha value is -3.16. The average molecular weight is 353 g/mol. The quantitative estimate of drug-likeness (QED) is 0.702. The van der Waals surface area contributed by atoms with Crippen molar-refractivity contribution in [3.8, 4) is 17.1 Å². The van der Waals surface area contributed by atoms with Crippen molar-refractivity contribution < 1.29 is 9.53 Å². The molecule has 0 atom stereocenters. The standard InChI is InChI=1S/C18H19N5O3/c1-21-14-11-19-15(12-6-5-7-13(10-12)26-2)20-16(14)23(17(21)24)18(25)22-8-3-4-9-22/h5-7,10-11H,3-4,8-9H2,1-2H3. The number of aromatic nitrogens is 4. The molecule has 1 saturated heterocycles. The molecular weight excluding hydrogens is 334 g/mol. The van der Waals surface area contributed by atoms with Crippen LogP contribution in [0.1, 0.15) is 12.8 Å². The van der Waals surface area contributed by atoms with Crippen molar-refractivity contribution in [2.75, 3.05) is 20.2 Å². The third-order valence-electron chi connectivity index (χ3n) is 4.70. The maximum Gasteiger partial charge on any atom is 0.338 e. The van der Waals surface area contributed by atoms with E-state index in [2.05, 4.69) is 9.97 Å². The smallest absolute Gasteiger partial charge is 0.338 e. The summed E-state index contributed by atoms with van der Waals surface area (Å²) in [6.45, 7) is 1.32. The lowest BCUT2D eigenvalue weighted by Crippen LogP contribution is -2.38. The first-order valence-electron chi connectivity index (χ1n) is 8.48. The van der Waals surface area contributed by atoms with Crippen molar-refractivity contribution in [3.05, 3.63) is 40.9 Å². The Balaban J connectivity index is 1.88. The number of rotatable bonds is 2. The number of ether oxygens (including phenoxy) is 1. The molecule has 1 fully saturated rings. The number of likely N-dealkylation sites (tertiary alicyclic amines) is 1. The fourth-order valence-electron chi connectivity index (χ4n) is 3.23. The molecule has 8 nitrogen and oxygen atoms in total. The van der Waals surface area contributed by atoms with Gasteiger partial charge in [-0.3, -0.25) is 4.57 Å². The second-order valence-electron chi connectivity index (χ2n) is 6.29.